The number of aryl methyl sites for hydroxylation is 1. The zero-order valence-electron chi connectivity index (χ0n) is 17.3. The van der Waals surface area contributed by atoms with Gasteiger partial charge in [-0.3, -0.25) is 19.2 Å². The average molecular weight is 474 g/mol. The summed E-state index contributed by atoms with van der Waals surface area (Å²) in [6.07, 6.45) is 0. The van der Waals surface area contributed by atoms with Crippen LogP contribution in [0.5, 0.6) is 0 Å². The van der Waals surface area contributed by atoms with Crippen LogP contribution in [0.25, 0.3) is 0 Å². The summed E-state index contributed by atoms with van der Waals surface area (Å²) in [5, 5.41) is 13.9. The zero-order chi connectivity index (χ0) is 23.5. The molecule has 1 N–H and O–H groups in total. The number of nitro groups is 1. The molecule has 0 bridgehead atoms. The minimum atomic E-state index is -4.13. The van der Waals surface area contributed by atoms with Crippen LogP contribution in [0.1, 0.15) is 11.1 Å². The van der Waals surface area contributed by atoms with Gasteiger partial charge in [0.25, 0.3) is 15.7 Å². The first-order chi connectivity index (χ1) is 15.1. The number of amides is 1. The number of carbonyl (C=O) groups is 1. The summed E-state index contributed by atoms with van der Waals surface area (Å²) in [7, 11) is -4.13. The van der Waals surface area contributed by atoms with E-state index in [9.17, 15) is 23.3 Å². The van der Waals surface area contributed by atoms with E-state index in [1.807, 2.05) is 6.92 Å². The smallest absolute Gasteiger partial charge is 0.274 e. The van der Waals surface area contributed by atoms with Crippen molar-refractivity contribution in [2.24, 2.45) is 0 Å². The molecule has 166 valence electrons. The number of carbonyl (C=O) groups excluding carboxylic acids is 1. The number of benzene rings is 3. The molecule has 0 saturated carbocycles. The topological polar surface area (TPSA) is 110 Å². The first-order valence-corrected chi connectivity index (χ1v) is 11.3. The van der Waals surface area contributed by atoms with Crippen LogP contribution in [-0.4, -0.2) is 25.8 Å². The van der Waals surface area contributed by atoms with Gasteiger partial charge in [0.1, 0.15) is 6.54 Å². The molecule has 8 nitrogen and oxygen atoms in total. The van der Waals surface area contributed by atoms with Gasteiger partial charge in [-0.2, -0.15) is 0 Å². The summed E-state index contributed by atoms with van der Waals surface area (Å²) >= 11 is 6.25. The molecule has 0 aliphatic rings. The molecule has 10 heteroatoms. The van der Waals surface area contributed by atoms with Crippen LogP contribution in [0.4, 0.5) is 17.1 Å². The highest BCUT2D eigenvalue weighted by Crippen LogP contribution is 2.31. The molecular weight excluding hydrogens is 454 g/mol. The maximum absolute atomic E-state index is 13.4. The quantitative estimate of drug-likeness (QED) is 0.395. The molecule has 0 unspecified atom stereocenters. The summed E-state index contributed by atoms with van der Waals surface area (Å²) in [6.45, 7) is 2.75. The Balaban J connectivity index is 1.98. The fraction of sp³-hybridized carbons (Fsp3) is 0.136. The van der Waals surface area contributed by atoms with Crippen molar-refractivity contribution in [2.45, 2.75) is 18.7 Å². The highest BCUT2D eigenvalue weighted by atomic mass is 35.5. The highest BCUT2D eigenvalue weighted by molar-refractivity contribution is 7.92. The monoisotopic (exact) mass is 473 g/mol. The van der Waals surface area contributed by atoms with E-state index < -0.39 is 27.4 Å². The second-order valence-corrected chi connectivity index (χ2v) is 9.30. The third kappa shape index (κ3) is 4.90. The minimum absolute atomic E-state index is 0.00218. The first-order valence-electron chi connectivity index (χ1n) is 9.49. The normalized spacial score (nSPS) is 11.1. The largest absolute Gasteiger partial charge is 0.324 e. The number of hydrogen-bond donors (Lipinski definition) is 1. The van der Waals surface area contributed by atoms with Crippen molar-refractivity contribution in [2.75, 3.05) is 16.2 Å². The van der Waals surface area contributed by atoms with Gasteiger partial charge in [-0.25, -0.2) is 8.42 Å². The number of hydrogen-bond acceptors (Lipinski definition) is 5. The Morgan fingerprint density at radius 3 is 2.31 bits per heavy atom. The molecule has 0 aromatic heterocycles. The van der Waals surface area contributed by atoms with Gasteiger partial charge < -0.3 is 5.32 Å². The van der Waals surface area contributed by atoms with E-state index >= 15 is 0 Å². The molecule has 0 aliphatic heterocycles. The average Bonchev–Trinajstić information content (AvgIpc) is 2.74. The number of sulfonamides is 1. The van der Waals surface area contributed by atoms with Gasteiger partial charge in [-0.1, -0.05) is 47.5 Å². The van der Waals surface area contributed by atoms with Crippen molar-refractivity contribution in [3.63, 3.8) is 0 Å². The Bertz CT molecular complexity index is 1280. The molecule has 3 rings (SSSR count). The number of nitrogens with zero attached hydrogens (tertiary/aromatic N) is 2. The number of rotatable bonds is 7. The number of nitro benzene ring substituents is 1. The number of nitrogens with one attached hydrogen (secondary N) is 1. The molecule has 3 aromatic rings. The van der Waals surface area contributed by atoms with Gasteiger partial charge in [0, 0.05) is 6.07 Å². The van der Waals surface area contributed by atoms with E-state index in [0.717, 1.165) is 9.87 Å². The molecule has 0 atom stereocenters. The van der Waals surface area contributed by atoms with E-state index in [1.54, 1.807) is 24.3 Å². The molecule has 0 spiro atoms. The first kappa shape index (κ1) is 23.2. The van der Waals surface area contributed by atoms with Crippen molar-refractivity contribution >= 4 is 44.6 Å². The molecule has 0 aliphatic carbocycles. The Labute approximate surface area is 190 Å². The zero-order valence-corrected chi connectivity index (χ0v) is 18.9. The van der Waals surface area contributed by atoms with Crippen LogP contribution in [0, 0.1) is 24.0 Å². The van der Waals surface area contributed by atoms with Crippen LogP contribution in [0.3, 0.4) is 0 Å². The van der Waals surface area contributed by atoms with Crippen molar-refractivity contribution < 1.29 is 18.1 Å². The van der Waals surface area contributed by atoms with Crippen molar-refractivity contribution in [3.8, 4) is 0 Å². The summed E-state index contributed by atoms with van der Waals surface area (Å²) in [5.41, 5.74) is 1.35. The van der Waals surface area contributed by atoms with Crippen LogP contribution in [0.2, 0.25) is 5.02 Å². The molecule has 3 aromatic carbocycles. The maximum atomic E-state index is 13.4. The Morgan fingerprint density at radius 2 is 1.69 bits per heavy atom. The van der Waals surface area contributed by atoms with Gasteiger partial charge in [0.2, 0.25) is 5.91 Å². The summed E-state index contributed by atoms with van der Waals surface area (Å²) in [6, 6.07) is 16.8. The standard InChI is InChI=1S/C22H20ClN3O5S/c1-15-10-12-17(13-11-15)32(30,31)25(21-8-4-3-6-18(21)23)14-22(27)24-19-7-5-9-20(16(19)2)26(28)29/h3-13H,14H2,1-2H3,(H,24,27). The molecule has 0 saturated heterocycles. The summed E-state index contributed by atoms with van der Waals surface area (Å²) in [5.74, 6) is -0.677. The molecule has 1 amide bonds. The van der Waals surface area contributed by atoms with Gasteiger partial charge in [-0.15, -0.1) is 0 Å². The van der Waals surface area contributed by atoms with E-state index in [-0.39, 0.29) is 32.5 Å². The Morgan fingerprint density at radius 1 is 1.03 bits per heavy atom. The molecule has 0 fully saturated rings. The third-order valence-corrected chi connectivity index (χ3v) is 6.89. The lowest BCUT2D eigenvalue weighted by Crippen LogP contribution is -2.38. The van der Waals surface area contributed by atoms with Crippen LogP contribution < -0.4 is 9.62 Å². The van der Waals surface area contributed by atoms with Crippen LogP contribution in [0.15, 0.2) is 71.6 Å². The predicted octanol–water partition coefficient (Wildman–Crippen LogP) is 4.70. The Hall–Kier alpha value is -3.43. The SMILES string of the molecule is Cc1ccc(S(=O)(=O)N(CC(=O)Nc2cccc([N+](=O)[O-])c2C)c2ccccc2Cl)cc1. The van der Waals surface area contributed by atoms with Gasteiger partial charge in [0.15, 0.2) is 0 Å². The van der Waals surface area contributed by atoms with E-state index in [1.165, 1.54) is 49.4 Å². The maximum Gasteiger partial charge on any atom is 0.274 e. The number of anilines is 2. The van der Waals surface area contributed by atoms with E-state index in [2.05, 4.69) is 5.32 Å². The van der Waals surface area contributed by atoms with Crippen LogP contribution in [-0.2, 0) is 14.8 Å². The molecule has 0 radical (unpaired) electrons. The van der Waals surface area contributed by atoms with Crippen molar-refractivity contribution in [1.29, 1.82) is 0 Å². The molecule has 0 heterocycles. The summed E-state index contributed by atoms with van der Waals surface area (Å²) < 4.78 is 27.7. The lowest BCUT2D eigenvalue weighted by atomic mass is 10.1. The highest BCUT2D eigenvalue weighted by Gasteiger charge is 2.29. The van der Waals surface area contributed by atoms with Gasteiger partial charge in [0.05, 0.1) is 31.8 Å². The molecule has 32 heavy (non-hydrogen) atoms. The number of halogens is 1. The second kappa shape index (κ2) is 9.37. The number of para-hydroxylation sites is 1. The second-order valence-electron chi connectivity index (χ2n) is 7.03. The van der Waals surface area contributed by atoms with Crippen molar-refractivity contribution in [1.82, 2.24) is 0 Å². The van der Waals surface area contributed by atoms with Crippen LogP contribution >= 0.6 is 11.6 Å². The fourth-order valence-electron chi connectivity index (χ4n) is 3.07. The Kier molecular flexibility index (Phi) is 6.81. The van der Waals surface area contributed by atoms with E-state index in [4.69, 9.17) is 11.6 Å². The predicted molar refractivity (Wildman–Crippen MR) is 124 cm³/mol. The third-order valence-electron chi connectivity index (χ3n) is 4.79. The summed E-state index contributed by atoms with van der Waals surface area (Å²) in [4.78, 5) is 23.5. The van der Waals surface area contributed by atoms with Gasteiger partial charge in [-0.05, 0) is 44.2 Å². The minimum Gasteiger partial charge on any atom is -0.324 e. The van der Waals surface area contributed by atoms with Crippen molar-refractivity contribution in [3.05, 3.63) is 93.0 Å². The molecular formula is C22H20ClN3O5S. The van der Waals surface area contributed by atoms with Gasteiger partial charge >= 0.3 is 0 Å². The lowest BCUT2D eigenvalue weighted by Gasteiger charge is -2.25. The van der Waals surface area contributed by atoms with E-state index in [0.29, 0.717) is 0 Å². The lowest BCUT2D eigenvalue weighted by molar-refractivity contribution is -0.385. The fourth-order valence-corrected chi connectivity index (χ4v) is 4.80.